The fraction of sp³-hybridized carbons (Fsp3) is 0.0769. The van der Waals surface area contributed by atoms with E-state index in [2.05, 4.69) is 5.32 Å². The van der Waals surface area contributed by atoms with Crippen molar-refractivity contribution in [2.45, 2.75) is 6.54 Å². The van der Waals surface area contributed by atoms with Crippen molar-refractivity contribution in [3.05, 3.63) is 59.2 Å². The van der Waals surface area contributed by atoms with Gasteiger partial charge in [0.2, 0.25) is 0 Å². The van der Waals surface area contributed by atoms with Crippen molar-refractivity contribution in [3.63, 3.8) is 0 Å². The summed E-state index contributed by atoms with van der Waals surface area (Å²) in [6.07, 6.45) is 0. The SMILES string of the molecule is Oc1c(F)cccc1CNc1cc(F)cc(F)c1F. The maximum absolute atomic E-state index is 13.3. The topological polar surface area (TPSA) is 32.3 Å². The molecule has 19 heavy (non-hydrogen) atoms. The summed E-state index contributed by atoms with van der Waals surface area (Å²) in [4.78, 5) is 0. The highest BCUT2D eigenvalue weighted by Crippen LogP contribution is 2.24. The van der Waals surface area contributed by atoms with Gasteiger partial charge in [0.1, 0.15) is 5.82 Å². The number of benzene rings is 2. The van der Waals surface area contributed by atoms with Crippen LogP contribution in [0.2, 0.25) is 0 Å². The Bertz CT molecular complexity index is 616. The molecule has 6 heteroatoms. The Morgan fingerprint density at radius 1 is 1.00 bits per heavy atom. The molecule has 0 atom stereocenters. The first-order valence-corrected chi connectivity index (χ1v) is 5.34. The lowest BCUT2D eigenvalue weighted by atomic mass is 10.2. The number of halogens is 4. The average Bonchev–Trinajstić information content (AvgIpc) is 2.36. The van der Waals surface area contributed by atoms with Gasteiger partial charge in [0.05, 0.1) is 5.69 Å². The van der Waals surface area contributed by atoms with Crippen LogP contribution < -0.4 is 5.32 Å². The lowest BCUT2D eigenvalue weighted by Crippen LogP contribution is -2.04. The lowest BCUT2D eigenvalue weighted by molar-refractivity contribution is 0.426. The first kappa shape index (κ1) is 13.2. The largest absolute Gasteiger partial charge is 0.505 e. The zero-order valence-corrected chi connectivity index (χ0v) is 9.55. The van der Waals surface area contributed by atoms with Gasteiger partial charge in [0.25, 0.3) is 0 Å². The van der Waals surface area contributed by atoms with Gasteiger partial charge in [-0.1, -0.05) is 12.1 Å². The second-order valence-electron chi connectivity index (χ2n) is 3.85. The Morgan fingerprint density at radius 3 is 2.47 bits per heavy atom. The van der Waals surface area contributed by atoms with Crippen molar-refractivity contribution < 1.29 is 22.7 Å². The highest BCUT2D eigenvalue weighted by molar-refractivity contribution is 5.47. The summed E-state index contributed by atoms with van der Waals surface area (Å²) in [6, 6.07) is 5.00. The van der Waals surface area contributed by atoms with Crippen molar-refractivity contribution >= 4 is 5.69 Å². The van der Waals surface area contributed by atoms with Crippen LogP contribution in [0.4, 0.5) is 23.2 Å². The Balaban J connectivity index is 2.21. The molecule has 0 amide bonds. The summed E-state index contributed by atoms with van der Waals surface area (Å²) in [5, 5.41) is 11.8. The van der Waals surface area contributed by atoms with Crippen molar-refractivity contribution in [3.8, 4) is 5.75 Å². The molecule has 0 unspecified atom stereocenters. The summed E-state index contributed by atoms with van der Waals surface area (Å²) in [5.74, 6) is -4.93. The van der Waals surface area contributed by atoms with Crippen molar-refractivity contribution in [1.29, 1.82) is 0 Å². The third-order valence-corrected chi connectivity index (χ3v) is 2.53. The second kappa shape index (κ2) is 5.17. The number of aromatic hydroxyl groups is 1. The number of para-hydroxylation sites is 1. The molecular weight excluding hydrogens is 262 g/mol. The maximum Gasteiger partial charge on any atom is 0.182 e. The van der Waals surface area contributed by atoms with E-state index in [-0.39, 0.29) is 12.1 Å². The summed E-state index contributed by atoms with van der Waals surface area (Å²) >= 11 is 0. The minimum atomic E-state index is -1.33. The molecule has 0 spiro atoms. The van der Waals surface area contributed by atoms with Crippen molar-refractivity contribution in [2.24, 2.45) is 0 Å². The lowest BCUT2D eigenvalue weighted by Gasteiger charge is -2.10. The first-order chi connectivity index (χ1) is 8.99. The minimum Gasteiger partial charge on any atom is -0.505 e. The highest BCUT2D eigenvalue weighted by Gasteiger charge is 2.12. The van der Waals surface area contributed by atoms with Gasteiger partial charge in [0, 0.05) is 24.2 Å². The summed E-state index contributed by atoms with van der Waals surface area (Å²) in [6.45, 7) is -0.177. The normalized spacial score (nSPS) is 10.5. The quantitative estimate of drug-likeness (QED) is 0.661. The fourth-order valence-electron chi connectivity index (χ4n) is 1.58. The Labute approximate surface area is 106 Å². The number of nitrogens with one attached hydrogen (secondary N) is 1. The number of hydrogen-bond acceptors (Lipinski definition) is 2. The van der Waals surface area contributed by atoms with Crippen LogP contribution >= 0.6 is 0 Å². The number of rotatable bonds is 3. The van der Waals surface area contributed by atoms with E-state index in [1.165, 1.54) is 12.1 Å². The molecular formula is C13H9F4NO. The molecule has 0 saturated carbocycles. The summed E-state index contributed by atoms with van der Waals surface area (Å²) in [5.41, 5.74) is -0.259. The van der Waals surface area contributed by atoms with Crippen LogP contribution in [0.3, 0.4) is 0 Å². The van der Waals surface area contributed by atoms with Crippen molar-refractivity contribution in [1.82, 2.24) is 0 Å². The van der Waals surface area contributed by atoms with E-state index in [1.807, 2.05) is 0 Å². The van der Waals surface area contributed by atoms with Gasteiger partial charge in [-0.3, -0.25) is 0 Å². The van der Waals surface area contributed by atoms with E-state index in [1.54, 1.807) is 0 Å². The number of hydrogen-bond donors (Lipinski definition) is 2. The third kappa shape index (κ3) is 2.78. The summed E-state index contributed by atoms with van der Waals surface area (Å²) < 4.78 is 52.2. The molecule has 0 aliphatic heterocycles. The van der Waals surface area contributed by atoms with E-state index in [9.17, 15) is 22.7 Å². The molecule has 2 nitrogen and oxygen atoms in total. The smallest absolute Gasteiger partial charge is 0.182 e. The van der Waals surface area contributed by atoms with Crippen LogP contribution in [0.1, 0.15) is 5.56 Å². The van der Waals surface area contributed by atoms with Gasteiger partial charge < -0.3 is 10.4 Å². The summed E-state index contributed by atoms with van der Waals surface area (Å²) in [7, 11) is 0. The molecule has 0 bridgehead atoms. The predicted molar refractivity (Wildman–Crippen MR) is 61.7 cm³/mol. The standard InChI is InChI=1S/C13H9F4NO/c14-8-4-10(16)12(17)11(5-8)18-6-7-2-1-3-9(15)13(7)19/h1-5,18-19H,6H2. The molecule has 0 aromatic heterocycles. The third-order valence-electron chi connectivity index (χ3n) is 2.53. The molecule has 0 saturated heterocycles. The molecule has 2 aromatic carbocycles. The zero-order chi connectivity index (χ0) is 14.0. The molecule has 0 radical (unpaired) electrons. The van der Waals surface area contributed by atoms with E-state index in [0.29, 0.717) is 6.07 Å². The van der Waals surface area contributed by atoms with Gasteiger partial charge in [-0.15, -0.1) is 0 Å². The van der Waals surface area contributed by atoms with Gasteiger partial charge in [-0.2, -0.15) is 0 Å². The first-order valence-electron chi connectivity index (χ1n) is 5.34. The van der Waals surface area contributed by atoms with Crippen LogP contribution in [-0.4, -0.2) is 5.11 Å². The number of phenols is 1. The molecule has 0 aliphatic rings. The Kier molecular flexibility index (Phi) is 3.59. The maximum atomic E-state index is 13.3. The fourth-order valence-corrected chi connectivity index (χ4v) is 1.58. The molecule has 2 rings (SSSR count). The molecule has 0 aliphatic carbocycles. The zero-order valence-electron chi connectivity index (χ0n) is 9.55. The van der Waals surface area contributed by atoms with E-state index < -0.39 is 34.7 Å². The van der Waals surface area contributed by atoms with E-state index in [0.717, 1.165) is 12.1 Å². The van der Waals surface area contributed by atoms with Crippen molar-refractivity contribution in [2.75, 3.05) is 5.32 Å². The molecule has 100 valence electrons. The van der Waals surface area contributed by atoms with Gasteiger partial charge in [-0.05, 0) is 6.07 Å². The average molecular weight is 271 g/mol. The molecule has 2 N–H and O–H groups in total. The highest BCUT2D eigenvalue weighted by atomic mass is 19.2. The van der Waals surface area contributed by atoms with Crippen LogP contribution in [0.15, 0.2) is 30.3 Å². The Hall–Kier alpha value is -2.24. The molecule has 0 fully saturated rings. The number of phenolic OH excluding ortho intramolecular Hbond substituents is 1. The number of anilines is 1. The van der Waals surface area contributed by atoms with Crippen LogP contribution in [0, 0.1) is 23.3 Å². The predicted octanol–water partition coefficient (Wildman–Crippen LogP) is 3.56. The van der Waals surface area contributed by atoms with Gasteiger partial charge >= 0.3 is 0 Å². The molecule has 2 aromatic rings. The van der Waals surface area contributed by atoms with Crippen LogP contribution in [0.5, 0.6) is 5.75 Å². The van der Waals surface area contributed by atoms with E-state index in [4.69, 9.17) is 0 Å². The van der Waals surface area contributed by atoms with Gasteiger partial charge in [-0.25, -0.2) is 17.6 Å². The monoisotopic (exact) mass is 271 g/mol. The Morgan fingerprint density at radius 2 is 1.74 bits per heavy atom. The van der Waals surface area contributed by atoms with Gasteiger partial charge in [0.15, 0.2) is 23.2 Å². The van der Waals surface area contributed by atoms with Crippen LogP contribution in [-0.2, 0) is 6.54 Å². The minimum absolute atomic E-state index is 0.143. The molecule has 0 heterocycles. The van der Waals surface area contributed by atoms with E-state index >= 15 is 0 Å². The second-order valence-corrected chi connectivity index (χ2v) is 3.85. The van der Waals surface area contributed by atoms with Crippen LogP contribution in [0.25, 0.3) is 0 Å².